The third-order valence-corrected chi connectivity index (χ3v) is 3.46. The van der Waals surface area contributed by atoms with E-state index in [0.29, 0.717) is 17.8 Å². The molecule has 0 aromatic heterocycles. The van der Waals surface area contributed by atoms with Gasteiger partial charge in [0.25, 0.3) is 5.91 Å². The van der Waals surface area contributed by atoms with Gasteiger partial charge in [-0.25, -0.2) is 0 Å². The molecular formula is C18H23N3O. The summed E-state index contributed by atoms with van der Waals surface area (Å²) in [6.45, 7) is 4.80. The molecule has 0 aliphatic rings. The van der Waals surface area contributed by atoms with E-state index in [1.165, 1.54) is 5.56 Å². The Kier molecular flexibility index (Phi) is 5.42. The van der Waals surface area contributed by atoms with E-state index in [2.05, 4.69) is 29.7 Å². The second-order valence-corrected chi connectivity index (χ2v) is 5.24. The third-order valence-electron chi connectivity index (χ3n) is 3.46. The number of carbonyl (C=O) groups is 1. The highest BCUT2D eigenvalue weighted by atomic mass is 16.1. The number of benzene rings is 2. The smallest absolute Gasteiger partial charge is 0.253 e. The first-order valence-electron chi connectivity index (χ1n) is 7.67. The normalized spacial score (nSPS) is 10.3. The van der Waals surface area contributed by atoms with Crippen LogP contribution in [0.5, 0.6) is 0 Å². The number of carbonyl (C=O) groups excluding carboxylic acids is 1. The van der Waals surface area contributed by atoms with Crippen LogP contribution in [0.4, 0.5) is 17.1 Å². The summed E-state index contributed by atoms with van der Waals surface area (Å²) in [6, 6.07) is 13.5. The van der Waals surface area contributed by atoms with E-state index in [-0.39, 0.29) is 5.91 Å². The van der Waals surface area contributed by atoms with E-state index in [0.717, 1.165) is 24.2 Å². The molecule has 4 heteroatoms. The van der Waals surface area contributed by atoms with Crippen LogP contribution in [0.2, 0.25) is 0 Å². The number of aryl methyl sites for hydroxylation is 1. The highest BCUT2D eigenvalue weighted by Gasteiger charge is 2.11. The summed E-state index contributed by atoms with van der Waals surface area (Å²) in [6.07, 6.45) is 1.90. The van der Waals surface area contributed by atoms with Crippen LogP contribution in [0.15, 0.2) is 42.5 Å². The van der Waals surface area contributed by atoms with Gasteiger partial charge in [-0.2, -0.15) is 0 Å². The summed E-state index contributed by atoms with van der Waals surface area (Å²) in [4.78, 5) is 12.3. The number of nitrogen functional groups attached to an aromatic ring is 1. The maximum Gasteiger partial charge on any atom is 0.253 e. The minimum atomic E-state index is -0.109. The first-order chi connectivity index (χ1) is 10.6. The number of rotatable bonds is 6. The monoisotopic (exact) mass is 297 g/mol. The van der Waals surface area contributed by atoms with Gasteiger partial charge in [0, 0.05) is 17.9 Å². The van der Waals surface area contributed by atoms with Crippen molar-refractivity contribution < 1.29 is 4.79 Å². The Morgan fingerprint density at radius 1 is 1.09 bits per heavy atom. The number of anilines is 3. The van der Waals surface area contributed by atoms with Crippen molar-refractivity contribution in [1.82, 2.24) is 5.32 Å². The molecule has 22 heavy (non-hydrogen) atoms. The lowest BCUT2D eigenvalue weighted by Gasteiger charge is -2.13. The minimum absolute atomic E-state index is 0.109. The quantitative estimate of drug-likeness (QED) is 0.712. The molecule has 0 bridgehead atoms. The van der Waals surface area contributed by atoms with Crippen molar-refractivity contribution in [3.8, 4) is 0 Å². The molecule has 0 radical (unpaired) electrons. The molecule has 1 amide bonds. The number of nitrogens with two attached hydrogens (primary N) is 1. The Hall–Kier alpha value is -2.49. The summed E-state index contributed by atoms with van der Waals surface area (Å²) >= 11 is 0. The van der Waals surface area contributed by atoms with E-state index in [1.807, 2.05) is 25.1 Å². The largest absolute Gasteiger partial charge is 0.399 e. The van der Waals surface area contributed by atoms with Gasteiger partial charge in [-0.1, -0.05) is 26.0 Å². The molecular weight excluding hydrogens is 274 g/mol. The van der Waals surface area contributed by atoms with Gasteiger partial charge < -0.3 is 16.4 Å². The fourth-order valence-electron chi connectivity index (χ4n) is 2.17. The lowest BCUT2D eigenvalue weighted by atomic mass is 10.1. The molecule has 0 unspecified atom stereocenters. The van der Waals surface area contributed by atoms with E-state index < -0.39 is 0 Å². The fourth-order valence-corrected chi connectivity index (χ4v) is 2.17. The Morgan fingerprint density at radius 2 is 1.82 bits per heavy atom. The van der Waals surface area contributed by atoms with Crippen molar-refractivity contribution >= 4 is 23.0 Å². The molecule has 0 aliphatic heterocycles. The lowest BCUT2D eigenvalue weighted by molar-refractivity contribution is 0.0954. The van der Waals surface area contributed by atoms with Crippen molar-refractivity contribution in [2.24, 2.45) is 0 Å². The van der Waals surface area contributed by atoms with Crippen molar-refractivity contribution in [3.05, 3.63) is 53.6 Å². The third kappa shape index (κ3) is 4.01. The van der Waals surface area contributed by atoms with Crippen LogP contribution in [0.25, 0.3) is 0 Å². The Labute approximate surface area is 131 Å². The minimum Gasteiger partial charge on any atom is -0.399 e. The lowest BCUT2D eigenvalue weighted by Crippen LogP contribution is -2.24. The molecule has 0 atom stereocenters. The summed E-state index contributed by atoms with van der Waals surface area (Å²) in [5, 5.41) is 6.18. The summed E-state index contributed by atoms with van der Waals surface area (Å²) < 4.78 is 0. The van der Waals surface area contributed by atoms with Gasteiger partial charge in [0.1, 0.15) is 0 Å². The second-order valence-electron chi connectivity index (χ2n) is 5.24. The molecule has 0 spiro atoms. The van der Waals surface area contributed by atoms with E-state index >= 15 is 0 Å². The second kappa shape index (κ2) is 7.50. The first-order valence-corrected chi connectivity index (χ1v) is 7.67. The van der Waals surface area contributed by atoms with Crippen LogP contribution in [0.1, 0.15) is 36.2 Å². The van der Waals surface area contributed by atoms with Gasteiger partial charge in [0.2, 0.25) is 0 Å². The molecule has 0 saturated carbocycles. The summed E-state index contributed by atoms with van der Waals surface area (Å²) in [5.41, 5.74) is 9.95. The predicted octanol–water partition coefficient (Wildman–Crippen LogP) is 3.71. The highest BCUT2D eigenvalue weighted by Crippen LogP contribution is 2.23. The van der Waals surface area contributed by atoms with Gasteiger partial charge in [0.15, 0.2) is 0 Å². The molecule has 0 fully saturated rings. The molecule has 0 heterocycles. The highest BCUT2D eigenvalue weighted by molar-refractivity contribution is 6.01. The van der Waals surface area contributed by atoms with Crippen molar-refractivity contribution in [2.45, 2.75) is 26.7 Å². The molecule has 2 aromatic rings. The van der Waals surface area contributed by atoms with Gasteiger partial charge in [-0.3, -0.25) is 4.79 Å². The molecule has 116 valence electrons. The SMILES string of the molecule is CCCNC(=O)c1cc(N)ccc1Nc1ccc(CC)cc1. The molecule has 0 aliphatic carbocycles. The van der Waals surface area contributed by atoms with E-state index in [4.69, 9.17) is 5.73 Å². The zero-order valence-electron chi connectivity index (χ0n) is 13.1. The molecule has 4 N–H and O–H groups in total. The van der Waals surface area contributed by atoms with Crippen LogP contribution in [-0.4, -0.2) is 12.5 Å². The Bertz CT molecular complexity index is 635. The summed E-state index contributed by atoms with van der Waals surface area (Å²) in [5.74, 6) is -0.109. The molecule has 4 nitrogen and oxygen atoms in total. The van der Waals surface area contributed by atoms with Crippen molar-refractivity contribution in [2.75, 3.05) is 17.6 Å². The van der Waals surface area contributed by atoms with Crippen LogP contribution in [0.3, 0.4) is 0 Å². The number of hydrogen-bond acceptors (Lipinski definition) is 3. The molecule has 2 aromatic carbocycles. The average molecular weight is 297 g/mol. The van der Waals surface area contributed by atoms with Crippen molar-refractivity contribution in [3.63, 3.8) is 0 Å². The van der Waals surface area contributed by atoms with Crippen LogP contribution in [0, 0.1) is 0 Å². The molecule has 2 rings (SSSR count). The first kappa shape index (κ1) is 15.9. The zero-order valence-corrected chi connectivity index (χ0v) is 13.1. The predicted molar refractivity (Wildman–Crippen MR) is 92.6 cm³/mol. The van der Waals surface area contributed by atoms with Crippen LogP contribution < -0.4 is 16.4 Å². The van der Waals surface area contributed by atoms with E-state index in [9.17, 15) is 4.79 Å². The Balaban J connectivity index is 2.23. The maximum atomic E-state index is 12.3. The van der Waals surface area contributed by atoms with Crippen molar-refractivity contribution in [1.29, 1.82) is 0 Å². The fraction of sp³-hybridized carbons (Fsp3) is 0.278. The zero-order chi connectivity index (χ0) is 15.9. The summed E-state index contributed by atoms with van der Waals surface area (Å²) in [7, 11) is 0. The maximum absolute atomic E-state index is 12.3. The van der Waals surface area contributed by atoms with Gasteiger partial charge >= 0.3 is 0 Å². The number of amides is 1. The van der Waals surface area contributed by atoms with E-state index in [1.54, 1.807) is 12.1 Å². The Morgan fingerprint density at radius 3 is 2.45 bits per heavy atom. The van der Waals surface area contributed by atoms with Crippen LogP contribution >= 0.6 is 0 Å². The standard InChI is InChI=1S/C18H23N3O/c1-3-11-20-18(22)16-12-14(19)7-10-17(16)21-15-8-5-13(4-2)6-9-15/h5-10,12,21H,3-4,11,19H2,1-2H3,(H,20,22). The number of nitrogens with one attached hydrogen (secondary N) is 2. The number of hydrogen-bond donors (Lipinski definition) is 3. The topological polar surface area (TPSA) is 67.2 Å². The van der Waals surface area contributed by atoms with Gasteiger partial charge in [-0.15, -0.1) is 0 Å². The van der Waals surface area contributed by atoms with Gasteiger partial charge in [0.05, 0.1) is 11.3 Å². The van der Waals surface area contributed by atoms with Crippen LogP contribution in [-0.2, 0) is 6.42 Å². The average Bonchev–Trinajstić information content (AvgIpc) is 2.55. The van der Waals surface area contributed by atoms with Gasteiger partial charge in [-0.05, 0) is 48.7 Å². The molecule has 0 saturated heterocycles.